The fraction of sp³-hybridized carbons (Fsp3) is 0.500. The van der Waals surface area contributed by atoms with E-state index in [-0.39, 0.29) is 17.8 Å². The number of H-pyrrole nitrogens is 1. The van der Waals surface area contributed by atoms with Crippen LogP contribution in [0.15, 0.2) is 29.1 Å². The molecule has 4 rings (SSSR count). The summed E-state index contributed by atoms with van der Waals surface area (Å²) in [5.74, 6) is -0.550. The number of piperidine rings is 1. The summed E-state index contributed by atoms with van der Waals surface area (Å²) < 4.78 is 5.56. The van der Waals surface area contributed by atoms with E-state index >= 15 is 0 Å². The molecule has 0 aliphatic carbocycles. The molecule has 2 fully saturated rings. The van der Waals surface area contributed by atoms with Crippen LogP contribution < -0.4 is 5.56 Å². The average Bonchev–Trinajstić information content (AvgIpc) is 2.95. The molecule has 28 heavy (non-hydrogen) atoms. The van der Waals surface area contributed by atoms with Crippen molar-refractivity contribution in [2.24, 2.45) is 5.41 Å². The minimum Gasteiger partial charge on any atom is -0.461 e. The molecule has 1 amide bonds. The summed E-state index contributed by atoms with van der Waals surface area (Å²) in [5.41, 5.74) is 0.0669. The largest absolute Gasteiger partial charge is 0.461 e. The molecule has 0 saturated carbocycles. The Morgan fingerprint density at radius 2 is 2.00 bits per heavy atom. The van der Waals surface area contributed by atoms with Crippen LogP contribution in [-0.2, 0) is 9.53 Å². The summed E-state index contributed by atoms with van der Waals surface area (Å²) in [5, 5.41) is 0. The van der Waals surface area contributed by atoms with E-state index in [2.05, 4.69) is 9.97 Å². The predicted octanol–water partition coefficient (Wildman–Crippen LogP) is 1.02. The number of nitrogens with one attached hydrogen (secondary N) is 1. The molecule has 3 heterocycles. The highest BCUT2D eigenvalue weighted by Crippen LogP contribution is 2.43. The van der Waals surface area contributed by atoms with Crippen molar-refractivity contribution in [3.05, 3.63) is 40.3 Å². The molecule has 1 aromatic carbocycles. The maximum absolute atomic E-state index is 12.9. The zero-order valence-electron chi connectivity index (χ0n) is 16.1. The van der Waals surface area contributed by atoms with Crippen molar-refractivity contribution in [1.82, 2.24) is 19.8 Å². The molecule has 0 radical (unpaired) electrons. The Morgan fingerprint density at radius 1 is 1.29 bits per heavy atom. The number of ether oxygens (including phenoxy) is 1. The van der Waals surface area contributed by atoms with E-state index in [4.69, 9.17) is 4.74 Å². The lowest BCUT2D eigenvalue weighted by molar-refractivity contribution is -0.150. The monoisotopic (exact) mass is 384 g/mol. The molecule has 1 N–H and O–H groups in total. The van der Waals surface area contributed by atoms with Gasteiger partial charge in [-0.25, -0.2) is 4.98 Å². The highest BCUT2D eigenvalue weighted by atomic mass is 16.6. The number of carbonyl (C=O) groups is 2. The second-order valence-corrected chi connectivity index (χ2v) is 8.00. The molecule has 2 aliphatic heterocycles. The van der Waals surface area contributed by atoms with E-state index < -0.39 is 16.9 Å². The number of para-hydroxylation sites is 2. The van der Waals surface area contributed by atoms with E-state index in [9.17, 15) is 14.4 Å². The number of fused-ring (bicyclic) bond motifs is 1. The van der Waals surface area contributed by atoms with Gasteiger partial charge in [0.15, 0.2) is 5.69 Å². The van der Waals surface area contributed by atoms with Gasteiger partial charge in [-0.15, -0.1) is 0 Å². The number of likely N-dealkylation sites (tertiary alicyclic amines) is 1. The van der Waals surface area contributed by atoms with Crippen LogP contribution in [-0.4, -0.2) is 71.5 Å². The molecule has 2 aliphatic rings. The smallest absolute Gasteiger partial charge is 0.312 e. The van der Waals surface area contributed by atoms with Crippen LogP contribution in [0.5, 0.6) is 0 Å². The Balaban J connectivity index is 1.48. The molecule has 1 atom stereocenters. The van der Waals surface area contributed by atoms with Crippen molar-refractivity contribution in [3.8, 4) is 0 Å². The zero-order chi connectivity index (χ0) is 19.9. The topological polar surface area (TPSA) is 95.6 Å². The summed E-state index contributed by atoms with van der Waals surface area (Å²) >= 11 is 0. The predicted molar refractivity (Wildman–Crippen MR) is 103 cm³/mol. The number of aromatic nitrogens is 2. The van der Waals surface area contributed by atoms with E-state index in [0.29, 0.717) is 49.9 Å². The van der Waals surface area contributed by atoms with Crippen LogP contribution in [0.3, 0.4) is 0 Å². The summed E-state index contributed by atoms with van der Waals surface area (Å²) in [6.45, 7) is 1.53. The van der Waals surface area contributed by atoms with Crippen LogP contribution in [0, 0.1) is 5.41 Å². The number of esters is 1. The summed E-state index contributed by atoms with van der Waals surface area (Å²) in [7, 11) is 3.91. The zero-order valence-corrected chi connectivity index (χ0v) is 16.1. The molecule has 148 valence electrons. The first-order valence-corrected chi connectivity index (χ1v) is 9.52. The Kier molecular flexibility index (Phi) is 4.66. The van der Waals surface area contributed by atoms with Gasteiger partial charge < -0.3 is 19.5 Å². The van der Waals surface area contributed by atoms with Crippen molar-refractivity contribution >= 4 is 22.9 Å². The molecule has 1 spiro atoms. The van der Waals surface area contributed by atoms with Crippen molar-refractivity contribution in [3.63, 3.8) is 0 Å². The third-order valence-corrected chi connectivity index (χ3v) is 5.70. The van der Waals surface area contributed by atoms with Crippen molar-refractivity contribution in [2.75, 3.05) is 33.7 Å². The summed E-state index contributed by atoms with van der Waals surface area (Å²) in [4.78, 5) is 48.3. The van der Waals surface area contributed by atoms with E-state index in [1.165, 1.54) is 0 Å². The number of benzene rings is 1. The van der Waals surface area contributed by atoms with Crippen molar-refractivity contribution in [2.45, 2.75) is 25.4 Å². The number of aromatic amines is 1. The Labute approximate surface area is 162 Å². The molecule has 1 aromatic heterocycles. The quantitative estimate of drug-likeness (QED) is 0.794. The van der Waals surface area contributed by atoms with Gasteiger partial charge in [0.2, 0.25) is 0 Å². The van der Waals surface area contributed by atoms with Crippen molar-refractivity contribution < 1.29 is 14.3 Å². The van der Waals surface area contributed by atoms with Gasteiger partial charge >= 0.3 is 5.97 Å². The van der Waals surface area contributed by atoms with Gasteiger partial charge in [0.25, 0.3) is 11.5 Å². The molecular weight excluding hydrogens is 360 g/mol. The maximum Gasteiger partial charge on any atom is 0.312 e. The first-order chi connectivity index (χ1) is 13.4. The average molecular weight is 384 g/mol. The van der Waals surface area contributed by atoms with Gasteiger partial charge in [0.05, 0.1) is 16.4 Å². The number of carbonyl (C=O) groups excluding carboxylic acids is 2. The third-order valence-electron chi connectivity index (χ3n) is 5.70. The molecule has 1 unspecified atom stereocenters. The van der Waals surface area contributed by atoms with Gasteiger partial charge in [-0.3, -0.25) is 14.4 Å². The number of rotatable bonds is 3. The minimum absolute atomic E-state index is 0.102. The number of hydrogen-bond acceptors (Lipinski definition) is 6. The lowest BCUT2D eigenvalue weighted by Gasteiger charge is -2.36. The molecule has 2 saturated heterocycles. The highest BCUT2D eigenvalue weighted by molar-refractivity contribution is 5.94. The van der Waals surface area contributed by atoms with Crippen LogP contribution in [0.25, 0.3) is 11.0 Å². The Morgan fingerprint density at radius 3 is 2.71 bits per heavy atom. The highest BCUT2D eigenvalue weighted by Gasteiger charge is 2.51. The second kappa shape index (κ2) is 7.01. The Hall–Kier alpha value is -2.74. The minimum atomic E-state index is -0.513. The molecule has 8 nitrogen and oxygen atoms in total. The van der Waals surface area contributed by atoms with Gasteiger partial charge in [-0.1, -0.05) is 12.1 Å². The maximum atomic E-state index is 12.9. The Bertz CT molecular complexity index is 976. The summed E-state index contributed by atoms with van der Waals surface area (Å²) in [6.07, 6.45) is 1.68. The lowest BCUT2D eigenvalue weighted by Crippen LogP contribution is -2.46. The lowest BCUT2D eigenvalue weighted by atomic mass is 9.76. The van der Waals surface area contributed by atoms with Crippen LogP contribution in [0.1, 0.15) is 29.8 Å². The first-order valence-electron chi connectivity index (χ1n) is 9.52. The number of cyclic esters (lactones) is 1. The number of likely N-dealkylation sites (N-methyl/N-ethyl adjacent to an activating group) is 1. The number of nitrogens with zero attached hydrogens (tertiary/aromatic N) is 3. The fourth-order valence-electron chi connectivity index (χ4n) is 4.22. The molecule has 2 aromatic rings. The standard InChI is InChI=1S/C20H24N4O4/c1-23(2)12-13-11-20(19(27)28-13)7-9-24(10-8-20)18(26)16-17(25)22-15-6-4-3-5-14(15)21-16/h3-6,13H,7-12H2,1-2H3,(H,22,25). The van der Waals surface area contributed by atoms with Crippen LogP contribution in [0.4, 0.5) is 0 Å². The van der Waals surface area contributed by atoms with Crippen LogP contribution in [0.2, 0.25) is 0 Å². The van der Waals surface area contributed by atoms with Gasteiger partial charge in [-0.2, -0.15) is 0 Å². The second-order valence-electron chi connectivity index (χ2n) is 8.00. The van der Waals surface area contributed by atoms with E-state index in [1.807, 2.05) is 25.1 Å². The third kappa shape index (κ3) is 3.28. The molecule has 0 bridgehead atoms. The van der Waals surface area contributed by atoms with E-state index in [0.717, 1.165) is 0 Å². The molecular formula is C20H24N4O4. The fourth-order valence-corrected chi connectivity index (χ4v) is 4.22. The van der Waals surface area contributed by atoms with E-state index in [1.54, 1.807) is 23.1 Å². The van der Waals surface area contributed by atoms with Crippen molar-refractivity contribution in [1.29, 1.82) is 0 Å². The normalized spacial score (nSPS) is 21.5. The van der Waals surface area contributed by atoms with Gasteiger partial charge in [0.1, 0.15) is 6.10 Å². The van der Waals surface area contributed by atoms with Crippen LogP contribution >= 0.6 is 0 Å². The van der Waals surface area contributed by atoms with Gasteiger partial charge in [-0.05, 0) is 39.1 Å². The van der Waals surface area contributed by atoms with Gasteiger partial charge in [0, 0.05) is 26.1 Å². The SMILES string of the molecule is CN(C)CC1CC2(CCN(C(=O)c3nc4ccccc4[nH]c3=O)CC2)C(=O)O1. The summed E-state index contributed by atoms with van der Waals surface area (Å²) in [6, 6.07) is 7.11. The first kappa shape index (κ1) is 18.6. The number of hydrogen-bond donors (Lipinski definition) is 1. The number of amides is 1. The molecule has 8 heteroatoms.